The molecule has 0 radical (unpaired) electrons. The van der Waals surface area contributed by atoms with Crippen LogP contribution in [0.15, 0.2) is 77.2 Å². The van der Waals surface area contributed by atoms with Gasteiger partial charge in [-0.15, -0.1) is 0 Å². The summed E-state index contributed by atoms with van der Waals surface area (Å²) in [7, 11) is 0. The molecule has 0 saturated heterocycles. The Morgan fingerprint density at radius 1 is 0.920 bits per heavy atom. The molecule has 0 spiro atoms. The summed E-state index contributed by atoms with van der Waals surface area (Å²) in [6, 6.07) is 20.9. The molecule has 0 unspecified atom stereocenters. The smallest absolute Gasteiger partial charge is 0.197 e. The lowest BCUT2D eigenvalue weighted by atomic mass is 9.97. The molecule has 1 heterocycles. The monoisotopic (exact) mass is 348 g/mol. The zero-order valence-corrected chi connectivity index (χ0v) is 13.8. The molecule has 4 aromatic rings. The first-order valence-corrected chi connectivity index (χ1v) is 8.12. The molecule has 0 aliphatic rings. The number of ketones is 1. The van der Waals surface area contributed by atoms with E-state index in [4.69, 9.17) is 16.0 Å². The quantitative estimate of drug-likeness (QED) is 0.484. The Balaban J connectivity index is 1.98. The van der Waals surface area contributed by atoms with Crippen molar-refractivity contribution >= 4 is 28.4 Å². The number of furan rings is 1. The Kier molecular flexibility index (Phi) is 3.79. The molecule has 0 aliphatic carbocycles. The first-order chi connectivity index (χ1) is 12.1. The average Bonchev–Trinajstić information content (AvgIpc) is 3.01. The van der Waals surface area contributed by atoms with E-state index < -0.39 is 0 Å². The number of phenols is 1. The van der Waals surface area contributed by atoms with Crippen LogP contribution in [0.25, 0.3) is 22.3 Å². The number of carbonyl (C=O) groups is 1. The molecule has 25 heavy (non-hydrogen) atoms. The maximum Gasteiger partial charge on any atom is 0.197 e. The lowest BCUT2D eigenvalue weighted by Gasteiger charge is -2.04. The van der Waals surface area contributed by atoms with Crippen LogP contribution in [0, 0.1) is 0 Å². The molecule has 1 aromatic heterocycles. The largest absolute Gasteiger partial charge is 0.508 e. The average molecular weight is 349 g/mol. The fourth-order valence-corrected chi connectivity index (χ4v) is 3.02. The van der Waals surface area contributed by atoms with Gasteiger partial charge in [-0.25, -0.2) is 0 Å². The van der Waals surface area contributed by atoms with Crippen molar-refractivity contribution in [1.82, 2.24) is 0 Å². The molecule has 0 bridgehead atoms. The van der Waals surface area contributed by atoms with Crippen LogP contribution in [0.5, 0.6) is 5.75 Å². The third kappa shape index (κ3) is 2.79. The number of benzene rings is 3. The summed E-state index contributed by atoms with van der Waals surface area (Å²) in [5.74, 6) is 0.441. The maximum atomic E-state index is 13.2. The second kappa shape index (κ2) is 6.11. The van der Waals surface area contributed by atoms with E-state index in [0.717, 1.165) is 5.56 Å². The molecule has 4 heteroatoms. The molecule has 4 rings (SSSR count). The normalized spacial score (nSPS) is 10.9. The van der Waals surface area contributed by atoms with Crippen molar-refractivity contribution in [3.63, 3.8) is 0 Å². The summed E-state index contributed by atoms with van der Waals surface area (Å²) in [6.45, 7) is 0. The van der Waals surface area contributed by atoms with Gasteiger partial charge >= 0.3 is 0 Å². The van der Waals surface area contributed by atoms with Crippen molar-refractivity contribution in [3.05, 3.63) is 88.9 Å². The molecule has 1 N–H and O–H groups in total. The SMILES string of the molecule is O=C(c1ccc(O)cc1)c1c(-c2ccccc2)oc2ccc(Cl)cc12. The van der Waals surface area contributed by atoms with Crippen molar-refractivity contribution in [2.24, 2.45) is 0 Å². The summed E-state index contributed by atoms with van der Waals surface area (Å²) in [4.78, 5) is 13.2. The summed E-state index contributed by atoms with van der Waals surface area (Å²) in [6.07, 6.45) is 0. The number of phenolic OH excluding ortho intramolecular Hbond substituents is 1. The van der Waals surface area contributed by atoms with Crippen LogP contribution in [0.2, 0.25) is 5.02 Å². The highest BCUT2D eigenvalue weighted by atomic mass is 35.5. The number of aromatic hydroxyl groups is 1. The topological polar surface area (TPSA) is 50.4 Å². The highest BCUT2D eigenvalue weighted by molar-refractivity contribution is 6.32. The summed E-state index contributed by atoms with van der Waals surface area (Å²) in [5, 5.41) is 10.7. The molecule has 0 fully saturated rings. The highest BCUT2D eigenvalue weighted by Crippen LogP contribution is 2.36. The number of hydrogen-bond donors (Lipinski definition) is 1. The van der Waals surface area contributed by atoms with Crippen molar-refractivity contribution < 1.29 is 14.3 Å². The Morgan fingerprint density at radius 3 is 2.36 bits per heavy atom. The number of fused-ring (bicyclic) bond motifs is 1. The molecule has 122 valence electrons. The lowest BCUT2D eigenvalue weighted by Crippen LogP contribution is -2.02. The summed E-state index contributed by atoms with van der Waals surface area (Å²) >= 11 is 6.13. The van der Waals surface area contributed by atoms with Crippen LogP contribution >= 0.6 is 11.6 Å². The van der Waals surface area contributed by atoms with Gasteiger partial charge in [0, 0.05) is 21.5 Å². The van der Waals surface area contributed by atoms with Crippen LogP contribution < -0.4 is 0 Å². The van der Waals surface area contributed by atoms with E-state index in [1.165, 1.54) is 12.1 Å². The fraction of sp³-hybridized carbons (Fsp3) is 0. The molecular weight excluding hydrogens is 336 g/mol. The van der Waals surface area contributed by atoms with Gasteiger partial charge in [-0.1, -0.05) is 41.9 Å². The first kappa shape index (κ1) is 15.5. The molecule has 0 aliphatic heterocycles. The second-order valence-corrected chi connectivity index (χ2v) is 6.13. The summed E-state index contributed by atoms with van der Waals surface area (Å²) < 4.78 is 5.98. The third-order valence-corrected chi connectivity index (χ3v) is 4.28. The van der Waals surface area contributed by atoms with Crippen LogP contribution in [0.1, 0.15) is 15.9 Å². The standard InChI is InChI=1S/C21H13ClO3/c22-15-8-11-18-17(12-15)19(20(24)13-6-9-16(23)10-7-13)21(25-18)14-4-2-1-3-5-14/h1-12,23H. The Morgan fingerprint density at radius 2 is 1.64 bits per heavy atom. The first-order valence-electron chi connectivity index (χ1n) is 7.75. The van der Waals surface area contributed by atoms with E-state index in [9.17, 15) is 9.90 Å². The fourth-order valence-electron chi connectivity index (χ4n) is 2.85. The predicted molar refractivity (Wildman–Crippen MR) is 98.2 cm³/mol. The third-order valence-electron chi connectivity index (χ3n) is 4.04. The highest BCUT2D eigenvalue weighted by Gasteiger charge is 2.23. The van der Waals surface area contributed by atoms with E-state index in [-0.39, 0.29) is 11.5 Å². The van der Waals surface area contributed by atoms with Crippen LogP contribution in [-0.2, 0) is 0 Å². The van der Waals surface area contributed by atoms with E-state index in [1.54, 1.807) is 30.3 Å². The van der Waals surface area contributed by atoms with Gasteiger partial charge in [0.15, 0.2) is 5.78 Å². The Labute approximate surface area is 149 Å². The van der Waals surface area contributed by atoms with E-state index in [1.807, 2.05) is 30.3 Å². The molecule has 0 saturated carbocycles. The van der Waals surface area contributed by atoms with Gasteiger partial charge in [0.25, 0.3) is 0 Å². The van der Waals surface area contributed by atoms with E-state index in [0.29, 0.717) is 32.9 Å². The second-order valence-electron chi connectivity index (χ2n) is 5.69. The summed E-state index contributed by atoms with van der Waals surface area (Å²) in [5.41, 5.74) is 2.36. The molecule has 3 aromatic carbocycles. The minimum Gasteiger partial charge on any atom is -0.508 e. The van der Waals surface area contributed by atoms with Gasteiger partial charge in [-0.3, -0.25) is 4.79 Å². The van der Waals surface area contributed by atoms with Gasteiger partial charge in [0.05, 0.1) is 5.56 Å². The van der Waals surface area contributed by atoms with Crippen LogP contribution in [-0.4, -0.2) is 10.9 Å². The van der Waals surface area contributed by atoms with Crippen LogP contribution in [0.3, 0.4) is 0 Å². The minimum atomic E-state index is -0.181. The van der Waals surface area contributed by atoms with Crippen molar-refractivity contribution in [3.8, 4) is 17.1 Å². The predicted octanol–water partition coefficient (Wildman–Crippen LogP) is 5.69. The van der Waals surface area contributed by atoms with Gasteiger partial charge in [0.2, 0.25) is 0 Å². The molecular formula is C21H13ClO3. The van der Waals surface area contributed by atoms with Crippen LogP contribution in [0.4, 0.5) is 0 Å². The number of rotatable bonds is 3. The molecule has 0 amide bonds. The zero-order valence-electron chi connectivity index (χ0n) is 13.1. The number of hydrogen-bond acceptors (Lipinski definition) is 3. The molecule has 3 nitrogen and oxygen atoms in total. The maximum absolute atomic E-state index is 13.2. The van der Waals surface area contributed by atoms with E-state index >= 15 is 0 Å². The van der Waals surface area contributed by atoms with Crippen molar-refractivity contribution in [1.29, 1.82) is 0 Å². The van der Waals surface area contributed by atoms with E-state index in [2.05, 4.69) is 0 Å². The van der Waals surface area contributed by atoms with Gasteiger partial charge in [-0.05, 0) is 42.5 Å². The lowest BCUT2D eigenvalue weighted by molar-refractivity contribution is 0.104. The number of carbonyl (C=O) groups excluding carboxylic acids is 1. The van der Waals surface area contributed by atoms with Crippen molar-refractivity contribution in [2.75, 3.05) is 0 Å². The number of halogens is 1. The molecule has 0 atom stereocenters. The van der Waals surface area contributed by atoms with Crippen molar-refractivity contribution in [2.45, 2.75) is 0 Å². The Hall–Kier alpha value is -3.04. The zero-order chi connectivity index (χ0) is 17.4. The Bertz CT molecular complexity index is 1060. The van der Waals surface area contributed by atoms with Gasteiger partial charge in [0.1, 0.15) is 17.1 Å². The van der Waals surface area contributed by atoms with Gasteiger partial charge in [-0.2, -0.15) is 0 Å². The van der Waals surface area contributed by atoms with Gasteiger partial charge < -0.3 is 9.52 Å². The minimum absolute atomic E-state index is 0.111.